The fraction of sp³-hybridized carbons (Fsp3) is 0.588. The van der Waals surface area contributed by atoms with E-state index in [1.807, 2.05) is 6.92 Å². The SMILES string of the molecule is CCOCCCNC(N)=NCC(C)(C)c1ccccc1C. The summed E-state index contributed by atoms with van der Waals surface area (Å²) in [6.07, 6.45) is 0.936. The predicted octanol–water partition coefficient (Wildman–Crippen LogP) is 2.60. The van der Waals surface area contributed by atoms with Gasteiger partial charge in [-0.15, -0.1) is 0 Å². The number of ether oxygens (including phenoxy) is 1. The summed E-state index contributed by atoms with van der Waals surface area (Å²) in [6, 6.07) is 8.43. The number of rotatable bonds is 8. The van der Waals surface area contributed by atoms with Gasteiger partial charge < -0.3 is 15.8 Å². The van der Waals surface area contributed by atoms with Gasteiger partial charge in [0.1, 0.15) is 0 Å². The second-order valence-electron chi connectivity index (χ2n) is 5.88. The lowest BCUT2D eigenvalue weighted by Crippen LogP contribution is -2.34. The van der Waals surface area contributed by atoms with Gasteiger partial charge in [-0.2, -0.15) is 0 Å². The van der Waals surface area contributed by atoms with Crippen LogP contribution in [-0.2, 0) is 10.2 Å². The number of benzene rings is 1. The van der Waals surface area contributed by atoms with Gasteiger partial charge in [0.15, 0.2) is 5.96 Å². The highest BCUT2D eigenvalue weighted by molar-refractivity contribution is 5.77. The molecule has 1 aromatic carbocycles. The van der Waals surface area contributed by atoms with Crippen LogP contribution >= 0.6 is 0 Å². The van der Waals surface area contributed by atoms with Gasteiger partial charge in [0, 0.05) is 25.2 Å². The molecule has 0 heterocycles. The quantitative estimate of drug-likeness (QED) is 0.440. The number of hydrogen-bond acceptors (Lipinski definition) is 2. The first-order valence-electron chi connectivity index (χ1n) is 7.65. The summed E-state index contributed by atoms with van der Waals surface area (Å²) in [5, 5.41) is 3.13. The lowest BCUT2D eigenvalue weighted by Gasteiger charge is -2.25. The summed E-state index contributed by atoms with van der Waals surface area (Å²) in [5.74, 6) is 0.508. The highest BCUT2D eigenvalue weighted by Gasteiger charge is 2.21. The van der Waals surface area contributed by atoms with E-state index in [1.54, 1.807) is 0 Å². The number of nitrogens with one attached hydrogen (secondary N) is 1. The van der Waals surface area contributed by atoms with Crippen molar-refractivity contribution in [2.24, 2.45) is 10.7 Å². The first-order valence-corrected chi connectivity index (χ1v) is 7.65. The zero-order chi connectivity index (χ0) is 15.7. The monoisotopic (exact) mass is 291 g/mol. The molecular formula is C17H29N3O. The number of aliphatic imine (C=N–C) groups is 1. The van der Waals surface area contributed by atoms with Crippen molar-refractivity contribution in [3.8, 4) is 0 Å². The average Bonchev–Trinajstić information content (AvgIpc) is 2.45. The maximum Gasteiger partial charge on any atom is 0.188 e. The Hall–Kier alpha value is -1.55. The molecule has 0 saturated carbocycles. The van der Waals surface area contributed by atoms with Crippen molar-refractivity contribution in [3.05, 3.63) is 35.4 Å². The molecule has 0 saturated heterocycles. The smallest absolute Gasteiger partial charge is 0.188 e. The Morgan fingerprint density at radius 1 is 1.33 bits per heavy atom. The molecule has 0 amide bonds. The molecule has 0 aromatic heterocycles. The van der Waals surface area contributed by atoms with Crippen molar-refractivity contribution in [3.63, 3.8) is 0 Å². The van der Waals surface area contributed by atoms with E-state index in [-0.39, 0.29) is 5.41 Å². The van der Waals surface area contributed by atoms with Crippen LogP contribution in [0.2, 0.25) is 0 Å². The minimum Gasteiger partial charge on any atom is -0.382 e. The van der Waals surface area contributed by atoms with Crippen molar-refractivity contribution in [2.75, 3.05) is 26.3 Å². The standard InChI is InChI=1S/C17H29N3O/c1-5-21-12-8-11-19-16(18)20-13-17(3,4)15-10-7-6-9-14(15)2/h6-7,9-10H,5,8,11-13H2,1-4H3,(H3,18,19,20). The van der Waals surface area contributed by atoms with E-state index in [9.17, 15) is 0 Å². The summed E-state index contributed by atoms with van der Waals surface area (Å²) in [6.45, 7) is 11.5. The number of nitrogens with two attached hydrogens (primary N) is 1. The van der Waals surface area contributed by atoms with Crippen molar-refractivity contribution in [1.82, 2.24) is 5.32 Å². The molecule has 0 radical (unpaired) electrons. The average molecular weight is 291 g/mol. The van der Waals surface area contributed by atoms with E-state index in [0.29, 0.717) is 12.5 Å². The molecule has 0 aliphatic heterocycles. The second-order valence-corrected chi connectivity index (χ2v) is 5.88. The molecule has 0 spiro atoms. The van der Waals surface area contributed by atoms with Gasteiger partial charge in [-0.25, -0.2) is 0 Å². The molecule has 0 aliphatic carbocycles. The van der Waals surface area contributed by atoms with E-state index in [4.69, 9.17) is 10.5 Å². The van der Waals surface area contributed by atoms with Gasteiger partial charge in [0.2, 0.25) is 0 Å². The summed E-state index contributed by atoms with van der Waals surface area (Å²) in [7, 11) is 0. The molecule has 3 N–H and O–H groups in total. The number of guanidine groups is 1. The number of hydrogen-bond donors (Lipinski definition) is 2. The Morgan fingerprint density at radius 3 is 2.71 bits per heavy atom. The Morgan fingerprint density at radius 2 is 2.05 bits per heavy atom. The zero-order valence-corrected chi connectivity index (χ0v) is 13.8. The van der Waals surface area contributed by atoms with Crippen LogP contribution in [0.5, 0.6) is 0 Å². The first-order chi connectivity index (χ1) is 9.97. The van der Waals surface area contributed by atoms with Gasteiger partial charge in [-0.3, -0.25) is 4.99 Å². The molecule has 4 nitrogen and oxygen atoms in total. The van der Waals surface area contributed by atoms with E-state index in [1.165, 1.54) is 11.1 Å². The van der Waals surface area contributed by atoms with Gasteiger partial charge in [0.25, 0.3) is 0 Å². The molecule has 0 atom stereocenters. The van der Waals surface area contributed by atoms with Crippen molar-refractivity contribution >= 4 is 5.96 Å². The fourth-order valence-electron chi connectivity index (χ4n) is 2.29. The predicted molar refractivity (Wildman–Crippen MR) is 89.8 cm³/mol. The van der Waals surface area contributed by atoms with E-state index in [2.05, 4.69) is 55.3 Å². The summed E-state index contributed by atoms with van der Waals surface area (Å²) >= 11 is 0. The van der Waals surface area contributed by atoms with Crippen LogP contribution in [0.25, 0.3) is 0 Å². The van der Waals surface area contributed by atoms with Gasteiger partial charge in [-0.1, -0.05) is 38.1 Å². The maximum atomic E-state index is 5.91. The van der Waals surface area contributed by atoms with E-state index < -0.39 is 0 Å². The van der Waals surface area contributed by atoms with Crippen molar-refractivity contribution in [1.29, 1.82) is 0 Å². The molecule has 0 fully saturated rings. The third kappa shape index (κ3) is 6.17. The first kappa shape index (κ1) is 17.5. The largest absolute Gasteiger partial charge is 0.382 e. The lowest BCUT2D eigenvalue weighted by molar-refractivity contribution is 0.145. The van der Waals surface area contributed by atoms with E-state index >= 15 is 0 Å². The summed E-state index contributed by atoms with van der Waals surface area (Å²) in [4.78, 5) is 4.47. The second kappa shape index (κ2) is 8.67. The molecule has 118 valence electrons. The number of aryl methyl sites for hydroxylation is 1. The Kier molecular flexibility index (Phi) is 7.23. The lowest BCUT2D eigenvalue weighted by atomic mass is 9.82. The van der Waals surface area contributed by atoms with Crippen LogP contribution in [-0.4, -0.2) is 32.3 Å². The van der Waals surface area contributed by atoms with Crippen LogP contribution in [0.1, 0.15) is 38.3 Å². The van der Waals surface area contributed by atoms with Crippen LogP contribution in [0, 0.1) is 6.92 Å². The summed E-state index contributed by atoms with van der Waals surface area (Å²) < 4.78 is 5.28. The molecule has 21 heavy (non-hydrogen) atoms. The van der Waals surface area contributed by atoms with Crippen LogP contribution < -0.4 is 11.1 Å². The highest BCUT2D eigenvalue weighted by Crippen LogP contribution is 2.26. The third-order valence-corrected chi connectivity index (χ3v) is 3.49. The maximum absolute atomic E-state index is 5.91. The third-order valence-electron chi connectivity index (χ3n) is 3.49. The summed E-state index contributed by atoms with van der Waals surface area (Å²) in [5.41, 5.74) is 8.50. The molecule has 0 aliphatic rings. The van der Waals surface area contributed by atoms with Crippen LogP contribution in [0.3, 0.4) is 0 Å². The van der Waals surface area contributed by atoms with Gasteiger partial charge >= 0.3 is 0 Å². The highest BCUT2D eigenvalue weighted by atomic mass is 16.5. The fourth-order valence-corrected chi connectivity index (χ4v) is 2.29. The van der Waals surface area contributed by atoms with Crippen LogP contribution in [0.15, 0.2) is 29.3 Å². The van der Waals surface area contributed by atoms with Crippen molar-refractivity contribution < 1.29 is 4.74 Å². The molecule has 1 rings (SSSR count). The van der Waals surface area contributed by atoms with Gasteiger partial charge in [-0.05, 0) is 31.4 Å². The Labute approximate surface area is 128 Å². The molecule has 0 unspecified atom stereocenters. The topological polar surface area (TPSA) is 59.6 Å². The van der Waals surface area contributed by atoms with Crippen molar-refractivity contribution in [2.45, 2.75) is 39.5 Å². The molecule has 0 bridgehead atoms. The Bertz CT molecular complexity index is 455. The molecular weight excluding hydrogens is 262 g/mol. The molecule has 4 heteroatoms. The minimum absolute atomic E-state index is 0.0248. The minimum atomic E-state index is -0.0248. The molecule has 1 aromatic rings. The number of nitrogens with zero attached hydrogens (tertiary/aromatic N) is 1. The Balaban J connectivity index is 2.48. The normalized spacial score (nSPS) is 12.5. The van der Waals surface area contributed by atoms with Crippen LogP contribution in [0.4, 0.5) is 0 Å². The van der Waals surface area contributed by atoms with E-state index in [0.717, 1.165) is 26.2 Å². The van der Waals surface area contributed by atoms with Gasteiger partial charge in [0.05, 0.1) is 6.54 Å². The zero-order valence-electron chi connectivity index (χ0n) is 13.8.